The van der Waals surface area contributed by atoms with Gasteiger partial charge in [-0.15, -0.1) is 0 Å². The third kappa shape index (κ3) is 2.58. The second-order valence-corrected chi connectivity index (χ2v) is 3.84. The molecular weight excluding hydrogens is 192 g/mol. The fourth-order valence-corrected chi connectivity index (χ4v) is 1.50. The van der Waals surface area contributed by atoms with Crippen molar-refractivity contribution in [1.29, 1.82) is 0 Å². The van der Waals surface area contributed by atoms with Crippen LogP contribution in [0.5, 0.6) is 0 Å². The molecule has 0 unspecified atom stereocenters. The predicted octanol–water partition coefficient (Wildman–Crippen LogP) is 1.34. The third-order valence-electron chi connectivity index (χ3n) is 2.65. The van der Waals surface area contributed by atoms with Crippen molar-refractivity contribution in [2.24, 2.45) is 0 Å². The number of H-pyrrole nitrogens is 1. The average Bonchev–Trinajstić information content (AvgIpc) is 2.20. The van der Waals surface area contributed by atoms with Crippen LogP contribution in [-0.2, 0) is 6.54 Å². The Balaban J connectivity index is 3.03. The van der Waals surface area contributed by atoms with Crippen LogP contribution in [0.2, 0.25) is 0 Å². The van der Waals surface area contributed by atoms with E-state index in [2.05, 4.69) is 11.9 Å². The smallest absolute Gasteiger partial charge is 0.311 e. The van der Waals surface area contributed by atoms with Gasteiger partial charge in [0.1, 0.15) is 0 Å². The molecule has 0 amide bonds. The predicted molar refractivity (Wildman–Crippen MR) is 60.3 cm³/mol. The van der Waals surface area contributed by atoms with E-state index >= 15 is 0 Å². The molecule has 4 heteroatoms. The van der Waals surface area contributed by atoms with Gasteiger partial charge in [-0.2, -0.15) is 0 Å². The summed E-state index contributed by atoms with van der Waals surface area (Å²) in [6.45, 7) is 6.09. The molecule has 0 bridgehead atoms. The van der Waals surface area contributed by atoms with Crippen LogP contribution in [0.3, 0.4) is 0 Å². The fraction of sp³-hybridized carbons (Fsp3) is 0.636. The van der Waals surface area contributed by atoms with E-state index in [0.29, 0.717) is 17.8 Å². The van der Waals surface area contributed by atoms with Crippen molar-refractivity contribution < 1.29 is 0 Å². The number of rotatable bonds is 4. The number of hydrogen-bond acceptors (Lipinski definition) is 2. The number of nitrogens with one attached hydrogen (secondary N) is 1. The molecular formula is C11H18N2O2. The standard InChI is InChI=1S/C11H18N2O2/c1-4-5-6-7-13-10(14)8(2)9(3)12-11(13)15/h4-7H2,1-3H3,(H,12,15). The summed E-state index contributed by atoms with van der Waals surface area (Å²) >= 11 is 0. The first-order valence-electron chi connectivity index (χ1n) is 5.38. The minimum atomic E-state index is -0.292. The summed E-state index contributed by atoms with van der Waals surface area (Å²) in [5.41, 5.74) is 0.842. The zero-order valence-electron chi connectivity index (χ0n) is 9.59. The zero-order valence-corrected chi connectivity index (χ0v) is 9.59. The minimum absolute atomic E-state index is 0.160. The van der Waals surface area contributed by atoms with E-state index in [1.165, 1.54) is 4.57 Å². The van der Waals surface area contributed by atoms with E-state index in [0.717, 1.165) is 19.3 Å². The normalized spacial score (nSPS) is 10.6. The molecule has 1 aromatic heterocycles. The van der Waals surface area contributed by atoms with Crippen molar-refractivity contribution in [3.05, 3.63) is 32.1 Å². The van der Waals surface area contributed by atoms with E-state index < -0.39 is 0 Å². The molecule has 1 aromatic rings. The maximum Gasteiger partial charge on any atom is 0.328 e. The van der Waals surface area contributed by atoms with Crippen molar-refractivity contribution in [1.82, 2.24) is 9.55 Å². The highest BCUT2D eigenvalue weighted by atomic mass is 16.2. The molecule has 0 saturated heterocycles. The lowest BCUT2D eigenvalue weighted by Gasteiger charge is -2.06. The fourth-order valence-electron chi connectivity index (χ4n) is 1.50. The maximum absolute atomic E-state index is 11.7. The Hall–Kier alpha value is -1.32. The quantitative estimate of drug-likeness (QED) is 0.762. The first-order valence-corrected chi connectivity index (χ1v) is 5.38. The lowest BCUT2D eigenvalue weighted by molar-refractivity contribution is 0.558. The van der Waals surface area contributed by atoms with Gasteiger partial charge in [0, 0.05) is 17.8 Å². The highest BCUT2D eigenvalue weighted by Gasteiger charge is 2.06. The van der Waals surface area contributed by atoms with E-state index in [4.69, 9.17) is 0 Å². The molecule has 0 aromatic carbocycles. The van der Waals surface area contributed by atoms with E-state index in [-0.39, 0.29) is 11.2 Å². The Kier molecular flexibility index (Phi) is 3.88. The summed E-state index contributed by atoms with van der Waals surface area (Å²) in [6, 6.07) is 0. The highest BCUT2D eigenvalue weighted by Crippen LogP contribution is 1.96. The second kappa shape index (κ2) is 4.96. The van der Waals surface area contributed by atoms with Gasteiger partial charge in [0.25, 0.3) is 5.56 Å². The molecule has 0 aliphatic heterocycles. The van der Waals surface area contributed by atoms with Crippen LogP contribution in [-0.4, -0.2) is 9.55 Å². The first-order chi connectivity index (χ1) is 7.07. The minimum Gasteiger partial charge on any atom is -0.311 e. The summed E-state index contributed by atoms with van der Waals surface area (Å²) < 4.78 is 1.29. The Morgan fingerprint density at radius 3 is 2.47 bits per heavy atom. The summed E-state index contributed by atoms with van der Waals surface area (Å²) in [7, 11) is 0. The van der Waals surface area contributed by atoms with Crippen molar-refractivity contribution in [2.75, 3.05) is 0 Å². The molecule has 1 heterocycles. The van der Waals surface area contributed by atoms with Crippen LogP contribution in [0.15, 0.2) is 9.59 Å². The van der Waals surface area contributed by atoms with Gasteiger partial charge in [-0.25, -0.2) is 4.79 Å². The average molecular weight is 210 g/mol. The van der Waals surface area contributed by atoms with Crippen LogP contribution in [0.1, 0.15) is 37.4 Å². The molecule has 0 radical (unpaired) electrons. The SMILES string of the molecule is CCCCCn1c(=O)[nH]c(C)c(C)c1=O. The molecule has 0 fully saturated rings. The molecule has 0 saturated carbocycles. The van der Waals surface area contributed by atoms with Crippen LogP contribution < -0.4 is 11.2 Å². The van der Waals surface area contributed by atoms with Gasteiger partial charge in [0.05, 0.1) is 0 Å². The Bertz CT molecular complexity index is 443. The molecule has 84 valence electrons. The monoisotopic (exact) mass is 210 g/mol. The van der Waals surface area contributed by atoms with Gasteiger partial charge in [0.15, 0.2) is 0 Å². The Labute approximate surface area is 89.0 Å². The molecule has 0 aliphatic carbocycles. The van der Waals surface area contributed by atoms with E-state index in [1.807, 2.05) is 0 Å². The number of aryl methyl sites for hydroxylation is 1. The summed E-state index contributed by atoms with van der Waals surface area (Å²) in [4.78, 5) is 25.9. The van der Waals surface area contributed by atoms with Crippen LogP contribution in [0, 0.1) is 13.8 Å². The van der Waals surface area contributed by atoms with Crippen molar-refractivity contribution in [2.45, 2.75) is 46.6 Å². The molecule has 0 spiro atoms. The molecule has 4 nitrogen and oxygen atoms in total. The molecule has 0 aliphatic rings. The van der Waals surface area contributed by atoms with Crippen molar-refractivity contribution in [3.8, 4) is 0 Å². The van der Waals surface area contributed by atoms with Crippen LogP contribution in [0.25, 0.3) is 0 Å². The topological polar surface area (TPSA) is 54.9 Å². The van der Waals surface area contributed by atoms with E-state index in [1.54, 1.807) is 13.8 Å². The molecule has 0 atom stereocenters. The van der Waals surface area contributed by atoms with Crippen LogP contribution >= 0.6 is 0 Å². The number of unbranched alkanes of at least 4 members (excludes halogenated alkanes) is 2. The van der Waals surface area contributed by atoms with Gasteiger partial charge in [-0.05, 0) is 20.3 Å². The summed E-state index contributed by atoms with van der Waals surface area (Å²) in [5, 5.41) is 0. The van der Waals surface area contributed by atoms with Gasteiger partial charge >= 0.3 is 5.69 Å². The Morgan fingerprint density at radius 2 is 1.87 bits per heavy atom. The zero-order chi connectivity index (χ0) is 11.4. The lowest BCUT2D eigenvalue weighted by Crippen LogP contribution is -2.37. The number of hydrogen-bond donors (Lipinski definition) is 1. The van der Waals surface area contributed by atoms with E-state index in [9.17, 15) is 9.59 Å². The number of nitrogens with zero attached hydrogens (tertiary/aromatic N) is 1. The molecule has 15 heavy (non-hydrogen) atoms. The largest absolute Gasteiger partial charge is 0.328 e. The van der Waals surface area contributed by atoms with Gasteiger partial charge in [-0.3, -0.25) is 9.36 Å². The molecule has 1 N–H and O–H groups in total. The van der Waals surface area contributed by atoms with Gasteiger partial charge in [0.2, 0.25) is 0 Å². The second-order valence-electron chi connectivity index (χ2n) is 3.84. The third-order valence-corrected chi connectivity index (χ3v) is 2.65. The van der Waals surface area contributed by atoms with Gasteiger partial charge in [-0.1, -0.05) is 19.8 Å². The summed E-state index contributed by atoms with van der Waals surface area (Å²) in [5.74, 6) is 0. The number of aromatic nitrogens is 2. The highest BCUT2D eigenvalue weighted by molar-refractivity contribution is 5.12. The van der Waals surface area contributed by atoms with Gasteiger partial charge < -0.3 is 4.98 Å². The maximum atomic E-state index is 11.7. The Morgan fingerprint density at radius 1 is 1.20 bits per heavy atom. The lowest BCUT2D eigenvalue weighted by atomic mass is 10.2. The van der Waals surface area contributed by atoms with Crippen molar-refractivity contribution >= 4 is 0 Å². The van der Waals surface area contributed by atoms with Crippen LogP contribution in [0.4, 0.5) is 0 Å². The first kappa shape index (κ1) is 11.8. The molecule has 1 rings (SSSR count). The summed E-state index contributed by atoms with van der Waals surface area (Å²) in [6.07, 6.45) is 3.00. The number of aromatic amines is 1. The van der Waals surface area contributed by atoms with Crippen molar-refractivity contribution in [3.63, 3.8) is 0 Å².